The highest BCUT2D eigenvalue weighted by molar-refractivity contribution is 5.76. The summed E-state index contributed by atoms with van der Waals surface area (Å²) >= 11 is 0. The van der Waals surface area contributed by atoms with E-state index < -0.39 is 23.9 Å². The van der Waals surface area contributed by atoms with E-state index in [2.05, 4.69) is 0 Å². The number of hydroxylamine groups is 2. The molecule has 0 radical (unpaired) electrons. The molecular formula is C7H6F3NO3. The molecule has 78 valence electrons. The van der Waals surface area contributed by atoms with Crippen LogP contribution >= 0.6 is 0 Å². The molecule has 4 nitrogen and oxygen atoms in total. The summed E-state index contributed by atoms with van der Waals surface area (Å²) in [7, 11) is 0. The van der Waals surface area contributed by atoms with Crippen LogP contribution < -0.4 is 0 Å². The summed E-state index contributed by atoms with van der Waals surface area (Å²) in [6, 6.07) is -1.70. The van der Waals surface area contributed by atoms with Gasteiger partial charge in [-0.15, -0.1) is 0 Å². The molecule has 1 unspecified atom stereocenters. The third-order valence-electron chi connectivity index (χ3n) is 1.60. The first-order chi connectivity index (χ1) is 6.34. The van der Waals surface area contributed by atoms with E-state index in [-0.39, 0.29) is 5.06 Å². The Morgan fingerprint density at radius 1 is 1.50 bits per heavy atom. The van der Waals surface area contributed by atoms with Crippen molar-refractivity contribution in [2.24, 2.45) is 0 Å². The number of allylic oxidation sites excluding steroid dienone is 3. The van der Waals surface area contributed by atoms with Crippen molar-refractivity contribution < 1.29 is 28.3 Å². The Labute approximate surface area is 76.5 Å². The van der Waals surface area contributed by atoms with Crippen molar-refractivity contribution >= 4 is 5.97 Å². The Morgan fingerprint density at radius 3 is 2.50 bits per heavy atom. The minimum absolute atomic E-state index is 0.317. The predicted molar refractivity (Wildman–Crippen MR) is 38.3 cm³/mol. The van der Waals surface area contributed by atoms with E-state index in [4.69, 9.17) is 10.3 Å². The molecule has 1 atom stereocenters. The highest BCUT2D eigenvalue weighted by Crippen LogP contribution is 2.30. The van der Waals surface area contributed by atoms with Crippen LogP contribution in [0.1, 0.15) is 0 Å². The zero-order valence-electron chi connectivity index (χ0n) is 6.69. The van der Waals surface area contributed by atoms with Gasteiger partial charge in [0.05, 0.1) is 0 Å². The van der Waals surface area contributed by atoms with Gasteiger partial charge in [-0.2, -0.15) is 13.2 Å². The van der Waals surface area contributed by atoms with Gasteiger partial charge in [0.25, 0.3) is 0 Å². The molecule has 0 aromatic carbocycles. The number of hydrogen-bond acceptors (Lipinski definition) is 3. The average molecular weight is 209 g/mol. The SMILES string of the molecule is O=C(O)C1C=CC=C(C(F)(F)F)N1O. The van der Waals surface area contributed by atoms with Gasteiger partial charge in [-0.3, -0.25) is 5.21 Å². The zero-order chi connectivity index (χ0) is 10.9. The van der Waals surface area contributed by atoms with Crippen LogP contribution in [0.25, 0.3) is 0 Å². The van der Waals surface area contributed by atoms with E-state index >= 15 is 0 Å². The van der Waals surface area contributed by atoms with Crippen LogP contribution in [0.5, 0.6) is 0 Å². The molecule has 0 aliphatic carbocycles. The van der Waals surface area contributed by atoms with E-state index in [1.807, 2.05) is 0 Å². The van der Waals surface area contributed by atoms with Gasteiger partial charge in [0.15, 0.2) is 6.04 Å². The number of rotatable bonds is 1. The lowest BCUT2D eigenvalue weighted by molar-refractivity contribution is -0.185. The Bertz CT molecular complexity index is 308. The Kier molecular flexibility index (Phi) is 2.52. The standard InChI is InChI=1S/C7H6F3NO3/c8-7(9,10)5-3-1-2-4(6(12)13)11(5)14/h1-4,14H,(H,12,13). The van der Waals surface area contributed by atoms with E-state index in [1.165, 1.54) is 0 Å². The van der Waals surface area contributed by atoms with E-state index in [9.17, 15) is 18.0 Å². The second-order valence-corrected chi connectivity index (χ2v) is 2.56. The molecule has 1 aliphatic rings. The van der Waals surface area contributed by atoms with Crippen LogP contribution in [0.15, 0.2) is 23.9 Å². The number of carboxylic acid groups (broad SMARTS) is 1. The summed E-state index contributed by atoms with van der Waals surface area (Å²) in [5.74, 6) is -1.56. The van der Waals surface area contributed by atoms with Gasteiger partial charge in [-0.25, -0.2) is 9.86 Å². The second kappa shape index (κ2) is 3.33. The fourth-order valence-corrected chi connectivity index (χ4v) is 0.971. The Hall–Kier alpha value is -1.50. The van der Waals surface area contributed by atoms with Gasteiger partial charge in [0.2, 0.25) is 0 Å². The zero-order valence-corrected chi connectivity index (χ0v) is 6.69. The van der Waals surface area contributed by atoms with Gasteiger partial charge < -0.3 is 5.11 Å². The smallest absolute Gasteiger partial charge is 0.433 e. The number of aliphatic carboxylic acids is 1. The molecule has 0 saturated carbocycles. The highest BCUT2D eigenvalue weighted by atomic mass is 19.4. The first-order valence-corrected chi connectivity index (χ1v) is 3.50. The number of carbonyl (C=O) groups is 1. The third kappa shape index (κ3) is 1.87. The van der Waals surface area contributed by atoms with Crippen LogP contribution in [-0.4, -0.2) is 33.6 Å². The molecule has 7 heteroatoms. The van der Waals surface area contributed by atoms with Crippen LogP contribution in [0.2, 0.25) is 0 Å². The quantitative estimate of drug-likeness (QED) is 0.679. The van der Waals surface area contributed by atoms with Gasteiger partial charge in [0.1, 0.15) is 5.70 Å². The van der Waals surface area contributed by atoms with E-state index in [0.29, 0.717) is 6.08 Å². The molecule has 0 saturated heterocycles. The molecule has 0 spiro atoms. The van der Waals surface area contributed by atoms with Crippen molar-refractivity contribution in [2.75, 3.05) is 0 Å². The molecular weight excluding hydrogens is 203 g/mol. The van der Waals surface area contributed by atoms with Gasteiger partial charge in [-0.1, -0.05) is 6.08 Å². The Balaban J connectivity index is 2.96. The summed E-state index contributed by atoms with van der Waals surface area (Å²) in [6.07, 6.45) is -2.29. The summed E-state index contributed by atoms with van der Waals surface area (Å²) in [5.41, 5.74) is -1.40. The topological polar surface area (TPSA) is 60.8 Å². The summed E-state index contributed by atoms with van der Waals surface area (Å²) < 4.78 is 36.4. The van der Waals surface area contributed by atoms with Gasteiger partial charge in [0, 0.05) is 0 Å². The first-order valence-electron chi connectivity index (χ1n) is 3.50. The summed E-state index contributed by atoms with van der Waals surface area (Å²) in [5, 5.41) is 17.1. The van der Waals surface area contributed by atoms with Crippen molar-refractivity contribution in [1.82, 2.24) is 5.06 Å². The minimum atomic E-state index is -4.77. The maximum Gasteiger partial charge on any atom is 0.433 e. The molecule has 0 bridgehead atoms. The number of alkyl halides is 3. The molecule has 0 amide bonds. The van der Waals surface area contributed by atoms with Gasteiger partial charge >= 0.3 is 12.1 Å². The molecule has 2 N–H and O–H groups in total. The summed E-state index contributed by atoms with van der Waals surface area (Å²) in [6.45, 7) is 0. The van der Waals surface area contributed by atoms with E-state index in [1.54, 1.807) is 0 Å². The summed E-state index contributed by atoms with van der Waals surface area (Å²) in [4.78, 5) is 10.4. The Morgan fingerprint density at radius 2 is 2.07 bits per heavy atom. The van der Waals surface area contributed by atoms with Crippen molar-refractivity contribution in [3.8, 4) is 0 Å². The number of halogens is 3. The fraction of sp³-hybridized carbons (Fsp3) is 0.286. The lowest BCUT2D eigenvalue weighted by Gasteiger charge is -2.27. The molecule has 0 fully saturated rings. The molecule has 1 aliphatic heterocycles. The van der Waals surface area contributed by atoms with Gasteiger partial charge in [-0.05, 0) is 12.2 Å². The molecule has 0 aromatic heterocycles. The van der Waals surface area contributed by atoms with E-state index in [0.717, 1.165) is 12.2 Å². The number of nitrogens with zero attached hydrogens (tertiary/aromatic N) is 1. The monoisotopic (exact) mass is 209 g/mol. The minimum Gasteiger partial charge on any atom is -0.479 e. The highest BCUT2D eigenvalue weighted by Gasteiger charge is 2.42. The van der Waals surface area contributed by atoms with Crippen LogP contribution in [-0.2, 0) is 4.79 Å². The van der Waals surface area contributed by atoms with Crippen LogP contribution in [0.3, 0.4) is 0 Å². The average Bonchev–Trinajstić information content (AvgIpc) is 2.01. The van der Waals surface area contributed by atoms with Crippen molar-refractivity contribution in [3.05, 3.63) is 23.9 Å². The fourth-order valence-electron chi connectivity index (χ4n) is 0.971. The van der Waals surface area contributed by atoms with Crippen molar-refractivity contribution in [3.63, 3.8) is 0 Å². The molecule has 14 heavy (non-hydrogen) atoms. The van der Waals surface area contributed by atoms with Crippen molar-refractivity contribution in [1.29, 1.82) is 0 Å². The second-order valence-electron chi connectivity index (χ2n) is 2.56. The predicted octanol–water partition coefficient (Wildman–Crippen LogP) is 1.15. The van der Waals surface area contributed by atoms with Crippen LogP contribution in [0, 0.1) is 0 Å². The lowest BCUT2D eigenvalue weighted by atomic mass is 10.1. The number of hydrogen-bond donors (Lipinski definition) is 2. The normalized spacial score (nSPS) is 22.1. The first kappa shape index (κ1) is 10.6. The number of carboxylic acids is 1. The van der Waals surface area contributed by atoms with Crippen molar-refractivity contribution in [2.45, 2.75) is 12.2 Å². The third-order valence-corrected chi connectivity index (χ3v) is 1.60. The molecule has 1 rings (SSSR count). The largest absolute Gasteiger partial charge is 0.479 e. The molecule has 1 heterocycles. The maximum atomic E-state index is 12.1. The molecule has 0 aromatic rings. The maximum absolute atomic E-state index is 12.1. The lowest BCUT2D eigenvalue weighted by Crippen LogP contribution is -2.42. The van der Waals surface area contributed by atoms with Crippen LogP contribution in [0.4, 0.5) is 13.2 Å².